The molecule has 0 bridgehead atoms. The summed E-state index contributed by atoms with van der Waals surface area (Å²) in [7, 11) is 0. The lowest BCUT2D eigenvalue weighted by molar-refractivity contribution is -0.0498. The van der Waals surface area contributed by atoms with E-state index in [9.17, 15) is 8.78 Å². The molecule has 112 valence electrons. The van der Waals surface area contributed by atoms with Crippen molar-refractivity contribution in [1.82, 2.24) is 5.32 Å². The molecule has 2 rings (SSSR count). The van der Waals surface area contributed by atoms with Gasteiger partial charge in [-0.15, -0.1) is 0 Å². The average molecular weight is 285 g/mol. The molecule has 20 heavy (non-hydrogen) atoms. The summed E-state index contributed by atoms with van der Waals surface area (Å²) >= 11 is 0. The smallest absolute Gasteiger partial charge is 0.387 e. The minimum Gasteiger partial charge on any atom is -0.435 e. The van der Waals surface area contributed by atoms with Crippen LogP contribution in [-0.4, -0.2) is 24.9 Å². The molecule has 0 aromatic heterocycles. The van der Waals surface area contributed by atoms with Crippen LogP contribution in [0.15, 0.2) is 24.3 Å². The number of nitrogens with one attached hydrogen (secondary N) is 1. The first-order valence-electron chi connectivity index (χ1n) is 6.95. The Bertz CT molecular complexity index is 401. The highest BCUT2D eigenvalue weighted by Crippen LogP contribution is 2.20. The van der Waals surface area contributed by atoms with Crippen LogP contribution in [-0.2, 0) is 11.3 Å². The van der Waals surface area contributed by atoms with E-state index in [0.717, 1.165) is 24.9 Å². The molecule has 2 atom stereocenters. The standard InChI is InChI=1S/C15H21F2NO2/c1-10-7-13(8-11(2)19-10)18-9-12-3-5-14(6-4-12)20-15(16)17/h3-6,10-11,13,15,18H,7-9H2,1-2H3. The highest BCUT2D eigenvalue weighted by Gasteiger charge is 2.23. The van der Waals surface area contributed by atoms with E-state index < -0.39 is 6.61 Å². The third-order valence-corrected chi connectivity index (χ3v) is 3.44. The van der Waals surface area contributed by atoms with E-state index in [1.54, 1.807) is 24.3 Å². The van der Waals surface area contributed by atoms with Crippen LogP contribution in [0.1, 0.15) is 32.3 Å². The number of rotatable bonds is 5. The van der Waals surface area contributed by atoms with E-state index in [2.05, 4.69) is 23.9 Å². The van der Waals surface area contributed by atoms with Crippen molar-refractivity contribution < 1.29 is 18.3 Å². The zero-order valence-corrected chi connectivity index (χ0v) is 11.8. The van der Waals surface area contributed by atoms with Crippen LogP contribution < -0.4 is 10.1 Å². The van der Waals surface area contributed by atoms with Gasteiger partial charge in [0.05, 0.1) is 12.2 Å². The number of hydrogen-bond acceptors (Lipinski definition) is 3. The maximum Gasteiger partial charge on any atom is 0.387 e. The van der Waals surface area contributed by atoms with E-state index in [0.29, 0.717) is 6.04 Å². The first-order chi connectivity index (χ1) is 9.52. The van der Waals surface area contributed by atoms with Gasteiger partial charge < -0.3 is 14.8 Å². The maximum atomic E-state index is 12.0. The molecule has 3 nitrogen and oxygen atoms in total. The van der Waals surface area contributed by atoms with E-state index in [-0.39, 0.29) is 18.0 Å². The first kappa shape index (κ1) is 15.2. The van der Waals surface area contributed by atoms with E-state index in [1.165, 1.54) is 0 Å². The molecule has 1 aromatic rings. The molecular weight excluding hydrogens is 264 g/mol. The average Bonchev–Trinajstić information content (AvgIpc) is 2.36. The summed E-state index contributed by atoms with van der Waals surface area (Å²) in [6.07, 6.45) is 2.55. The third-order valence-electron chi connectivity index (χ3n) is 3.44. The van der Waals surface area contributed by atoms with E-state index in [1.807, 2.05) is 0 Å². The lowest BCUT2D eigenvalue weighted by Crippen LogP contribution is -2.40. The summed E-state index contributed by atoms with van der Waals surface area (Å²) in [5.74, 6) is 0.192. The summed E-state index contributed by atoms with van der Waals surface area (Å²) in [5.41, 5.74) is 1.05. The Morgan fingerprint density at radius 2 is 1.80 bits per heavy atom. The fourth-order valence-corrected chi connectivity index (χ4v) is 2.62. The van der Waals surface area contributed by atoms with Crippen molar-refractivity contribution in [1.29, 1.82) is 0 Å². The minimum absolute atomic E-state index is 0.192. The topological polar surface area (TPSA) is 30.5 Å². The van der Waals surface area contributed by atoms with Gasteiger partial charge in [0.25, 0.3) is 0 Å². The Labute approximate surface area is 118 Å². The quantitative estimate of drug-likeness (QED) is 0.900. The molecule has 1 aliphatic heterocycles. The normalized spacial score (nSPS) is 26.8. The summed E-state index contributed by atoms with van der Waals surface area (Å²) in [4.78, 5) is 0. The second-order valence-electron chi connectivity index (χ2n) is 5.33. The van der Waals surface area contributed by atoms with Crippen molar-refractivity contribution >= 4 is 0 Å². The molecule has 1 fully saturated rings. The molecule has 1 aliphatic rings. The van der Waals surface area contributed by atoms with Gasteiger partial charge in [-0.3, -0.25) is 0 Å². The van der Waals surface area contributed by atoms with Crippen molar-refractivity contribution in [3.05, 3.63) is 29.8 Å². The van der Waals surface area contributed by atoms with Crippen molar-refractivity contribution in [3.8, 4) is 5.75 Å². The monoisotopic (exact) mass is 285 g/mol. The second kappa shape index (κ2) is 6.99. The van der Waals surface area contributed by atoms with Gasteiger partial charge in [-0.25, -0.2) is 0 Å². The Balaban J connectivity index is 1.81. The van der Waals surface area contributed by atoms with Crippen LogP contribution in [0.25, 0.3) is 0 Å². The summed E-state index contributed by atoms with van der Waals surface area (Å²) < 4.78 is 34.1. The Morgan fingerprint density at radius 3 is 2.35 bits per heavy atom. The van der Waals surface area contributed by atoms with Crippen LogP contribution in [0, 0.1) is 0 Å². The van der Waals surface area contributed by atoms with Gasteiger partial charge in [0, 0.05) is 12.6 Å². The molecule has 1 saturated heterocycles. The zero-order chi connectivity index (χ0) is 14.5. The predicted molar refractivity (Wildman–Crippen MR) is 72.9 cm³/mol. The van der Waals surface area contributed by atoms with Gasteiger partial charge in [-0.2, -0.15) is 8.78 Å². The number of hydrogen-bond donors (Lipinski definition) is 1. The highest BCUT2D eigenvalue weighted by molar-refractivity contribution is 5.27. The fourth-order valence-electron chi connectivity index (χ4n) is 2.62. The highest BCUT2D eigenvalue weighted by atomic mass is 19.3. The molecule has 1 N–H and O–H groups in total. The van der Waals surface area contributed by atoms with Gasteiger partial charge in [-0.1, -0.05) is 12.1 Å². The van der Waals surface area contributed by atoms with Crippen molar-refractivity contribution in [3.63, 3.8) is 0 Å². The number of ether oxygens (including phenoxy) is 2. The van der Waals surface area contributed by atoms with Gasteiger partial charge in [0.1, 0.15) is 5.75 Å². The van der Waals surface area contributed by atoms with Crippen LogP contribution in [0.5, 0.6) is 5.75 Å². The number of benzene rings is 1. The molecule has 0 spiro atoms. The maximum absolute atomic E-state index is 12.0. The van der Waals surface area contributed by atoms with Gasteiger partial charge in [-0.05, 0) is 44.4 Å². The van der Waals surface area contributed by atoms with Gasteiger partial charge >= 0.3 is 6.61 Å². The Kier molecular flexibility index (Phi) is 5.31. The molecule has 0 aliphatic carbocycles. The summed E-state index contributed by atoms with van der Waals surface area (Å²) in [6.45, 7) is 2.12. The van der Waals surface area contributed by atoms with E-state index >= 15 is 0 Å². The third kappa shape index (κ3) is 4.72. The molecule has 0 saturated carbocycles. The summed E-state index contributed by atoms with van der Waals surface area (Å²) in [6, 6.07) is 7.18. The first-order valence-corrected chi connectivity index (χ1v) is 6.95. The molecule has 2 unspecified atom stereocenters. The molecule has 0 amide bonds. The molecular formula is C15H21F2NO2. The zero-order valence-electron chi connectivity index (χ0n) is 11.8. The number of alkyl halides is 2. The number of halogens is 2. The summed E-state index contributed by atoms with van der Waals surface area (Å²) in [5, 5.41) is 3.49. The molecule has 5 heteroatoms. The lowest BCUT2D eigenvalue weighted by atomic mass is 9.99. The van der Waals surface area contributed by atoms with Crippen molar-refractivity contribution in [2.45, 2.75) is 58.1 Å². The molecule has 1 aromatic carbocycles. The molecule has 1 heterocycles. The lowest BCUT2D eigenvalue weighted by Gasteiger charge is -2.32. The Morgan fingerprint density at radius 1 is 1.20 bits per heavy atom. The van der Waals surface area contributed by atoms with Gasteiger partial charge in [0.15, 0.2) is 0 Å². The second-order valence-corrected chi connectivity index (χ2v) is 5.33. The van der Waals surface area contributed by atoms with Crippen LogP contribution in [0.2, 0.25) is 0 Å². The van der Waals surface area contributed by atoms with Crippen LogP contribution in [0.4, 0.5) is 8.78 Å². The van der Waals surface area contributed by atoms with Crippen LogP contribution >= 0.6 is 0 Å². The van der Waals surface area contributed by atoms with Crippen molar-refractivity contribution in [2.24, 2.45) is 0 Å². The van der Waals surface area contributed by atoms with E-state index in [4.69, 9.17) is 4.74 Å². The Hall–Kier alpha value is -1.20. The van der Waals surface area contributed by atoms with Gasteiger partial charge in [0.2, 0.25) is 0 Å². The predicted octanol–water partition coefficient (Wildman–Crippen LogP) is 3.33. The SMILES string of the molecule is CC1CC(NCc2ccc(OC(F)F)cc2)CC(C)O1. The van der Waals surface area contributed by atoms with Crippen LogP contribution in [0.3, 0.4) is 0 Å². The molecule has 0 radical (unpaired) electrons. The van der Waals surface area contributed by atoms with Crippen molar-refractivity contribution in [2.75, 3.05) is 0 Å². The minimum atomic E-state index is -2.77. The largest absolute Gasteiger partial charge is 0.435 e. The fraction of sp³-hybridized carbons (Fsp3) is 0.600.